The smallest absolute Gasteiger partial charge is 0.337 e. The summed E-state index contributed by atoms with van der Waals surface area (Å²) in [6, 6.07) is 5.26. The van der Waals surface area contributed by atoms with Crippen LogP contribution in [0.4, 0.5) is 0 Å². The number of benzene rings is 1. The lowest BCUT2D eigenvalue weighted by atomic mass is 10.1. The average molecular weight is 312 g/mol. The molecule has 0 aliphatic carbocycles. The van der Waals surface area contributed by atoms with Crippen LogP contribution in [-0.4, -0.2) is 40.0 Å². The number of rotatable bonds is 4. The van der Waals surface area contributed by atoms with E-state index in [4.69, 9.17) is 0 Å². The van der Waals surface area contributed by atoms with Gasteiger partial charge in [0.1, 0.15) is 0 Å². The molecule has 1 saturated heterocycles. The quantitative estimate of drug-likeness (QED) is 0.764. The van der Waals surface area contributed by atoms with E-state index in [0.29, 0.717) is 6.42 Å². The number of sulfonamides is 1. The van der Waals surface area contributed by atoms with E-state index in [0.717, 1.165) is 0 Å². The molecule has 1 aliphatic rings. The molecule has 1 atom stereocenters. The van der Waals surface area contributed by atoms with Crippen LogP contribution in [0.3, 0.4) is 0 Å². The van der Waals surface area contributed by atoms with Crippen LogP contribution in [0.1, 0.15) is 23.2 Å². The number of hydrogen-bond donors (Lipinski definition) is 2. The standard InChI is InChI=1S/C13H16N2O5S/c1-20-13(17)9-3-2-4-11(7-9)21(18,19)15-10-5-6-12(16)14-8-10/h2-4,7,10,15H,5-6,8H2,1H3,(H,14,16). The molecule has 2 rings (SSSR count). The van der Waals surface area contributed by atoms with Crippen molar-refractivity contribution in [1.82, 2.24) is 10.0 Å². The van der Waals surface area contributed by atoms with Gasteiger partial charge in [-0.25, -0.2) is 17.9 Å². The predicted octanol–water partition coefficient (Wildman–Crippen LogP) is 0.0301. The maximum absolute atomic E-state index is 12.3. The molecule has 2 N–H and O–H groups in total. The van der Waals surface area contributed by atoms with E-state index < -0.39 is 16.0 Å². The molecule has 0 aromatic heterocycles. The minimum atomic E-state index is -3.75. The third-order valence-electron chi connectivity index (χ3n) is 3.15. The monoisotopic (exact) mass is 312 g/mol. The molecular weight excluding hydrogens is 296 g/mol. The number of esters is 1. The molecule has 1 fully saturated rings. The Kier molecular flexibility index (Phi) is 4.59. The summed E-state index contributed by atoms with van der Waals surface area (Å²) in [7, 11) is -2.52. The lowest BCUT2D eigenvalue weighted by Crippen LogP contribution is -2.47. The lowest BCUT2D eigenvalue weighted by Gasteiger charge is -2.23. The first-order valence-electron chi connectivity index (χ1n) is 6.40. The number of amides is 1. The van der Waals surface area contributed by atoms with Gasteiger partial charge in [0.05, 0.1) is 17.6 Å². The van der Waals surface area contributed by atoms with Gasteiger partial charge in [0.2, 0.25) is 15.9 Å². The van der Waals surface area contributed by atoms with E-state index in [9.17, 15) is 18.0 Å². The van der Waals surface area contributed by atoms with Crippen LogP contribution in [0.25, 0.3) is 0 Å². The average Bonchev–Trinajstić information content (AvgIpc) is 2.49. The Morgan fingerprint density at radius 1 is 1.43 bits per heavy atom. The third-order valence-corrected chi connectivity index (χ3v) is 4.67. The molecule has 8 heteroatoms. The number of hydrogen-bond acceptors (Lipinski definition) is 5. The number of ether oxygens (including phenoxy) is 1. The van der Waals surface area contributed by atoms with Crippen molar-refractivity contribution in [3.05, 3.63) is 29.8 Å². The molecule has 0 saturated carbocycles. The number of carbonyl (C=O) groups excluding carboxylic acids is 2. The fourth-order valence-electron chi connectivity index (χ4n) is 2.03. The third kappa shape index (κ3) is 3.79. The molecule has 0 radical (unpaired) electrons. The summed E-state index contributed by atoms with van der Waals surface area (Å²) < 4.78 is 31.6. The van der Waals surface area contributed by atoms with Gasteiger partial charge in [0.25, 0.3) is 0 Å². The van der Waals surface area contributed by atoms with Crippen LogP contribution in [0.5, 0.6) is 0 Å². The van der Waals surface area contributed by atoms with Crippen LogP contribution in [0.15, 0.2) is 29.2 Å². The van der Waals surface area contributed by atoms with Gasteiger partial charge < -0.3 is 10.1 Å². The zero-order valence-corrected chi connectivity index (χ0v) is 12.3. The molecule has 1 unspecified atom stereocenters. The van der Waals surface area contributed by atoms with Crippen LogP contribution < -0.4 is 10.0 Å². The summed E-state index contributed by atoms with van der Waals surface area (Å²) in [6.07, 6.45) is 0.733. The first-order chi connectivity index (χ1) is 9.92. The SMILES string of the molecule is COC(=O)c1cccc(S(=O)(=O)NC2CCC(=O)NC2)c1. The molecule has 114 valence electrons. The van der Waals surface area contributed by atoms with E-state index in [-0.39, 0.29) is 35.4 Å². The van der Waals surface area contributed by atoms with Crippen molar-refractivity contribution >= 4 is 21.9 Å². The molecule has 1 amide bonds. The highest BCUT2D eigenvalue weighted by molar-refractivity contribution is 7.89. The van der Waals surface area contributed by atoms with Crippen LogP contribution in [0, 0.1) is 0 Å². The molecule has 7 nitrogen and oxygen atoms in total. The molecule has 1 aromatic rings. The van der Waals surface area contributed by atoms with Gasteiger partial charge in [-0.3, -0.25) is 4.79 Å². The zero-order chi connectivity index (χ0) is 15.5. The van der Waals surface area contributed by atoms with E-state index >= 15 is 0 Å². The van der Waals surface area contributed by atoms with Gasteiger partial charge in [-0.15, -0.1) is 0 Å². The van der Waals surface area contributed by atoms with E-state index in [2.05, 4.69) is 14.8 Å². The molecule has 1 aromatic carbocycles. The maximum Gasteiger partial charge on any atom is 0.337 e. The van der Waals surface area contributed by atoms with Crippen molar-refractivity contribution in [2.75, 3.05) is 13.7 Å². The number of carbonyl (C=O) groups is 2. The summed E-state index contributed by atoms with van der Waals surface area (Å²) in [5.74, 6) is -0.685. The molecular formula is C13H16N2O5S. The first-order valence-corrected chi connectivity index (χ1v) is 7.88. The van der Waals surface area contributed by atoms with Gasteiger partial charge in [0, 0.05) is 19.0 Å². The van der Waals surface area contributed by atoms with Gasteiger partial charge in [0.15, 0.2) is 0 Å². The van der Waals surface area contributed by atoms with Gasteiger partial charge in [-0.1, -0.05) is 6.07 Å². The maximum atomic E-state index is 12.3. The summed E-state index contributed by atoms with van der Waals surface area (Å²) in [4.78, 5) is 22.5. The van der Waals surface area contributed by atoms with Crippen molar-refractivity contribution < 1.29 is 22.7 Å². The summed E-state index contributed by atoms with van der Waals surface area (Å²) in [5.41, 5.74) is 0.164. The fourth-order valence-corrected chi connectivity index (χ4v) is 3.34. The summed E-state index contributed by atoms with van der Waals surface area (Å²) >= 11 is 0. The molecule has 1 aliphatic heterocycles. The highest BCUT2D eigenvalue weighted by atomic mass is 32.2. The second-order valence-corrected chi connectivity index (χ2v) is 6.39. The Hall–Kier alpha value is -1.93. The number of nitrogens with one attached hydrogen (secondary N) is 2. The van der Waals surface area contributed by atoms with Gasteiger partial charge in [-0.05, 0) is 24.6 Å². The Morgan fingerprint density at radius 3 is 2.81 bits per heavy atom. The van der Waals surface area contributed by atoms with Crippen LogP contribution in [0.2, 0.25) is 0 Å². The van der Waals surface area contributed by atoms with E-state index in [1.54, 1.807) is 0 Å². The van der Waals surface area contributed by atoms with Crippen molar-refractivity contribution in [3.8, 4) is 0 Å². The topological polar surface area (TPSA) is 102 Å². The van der Waals surface area contributed by atoms with E-state index in [1.807, 2.05) is 0 Å². The highest BCUT2D eigenvalue weighted by Gasteiger charge is 2.24. The van der Waals surface area contributed by atoms with E-state index in [1.165, 1.54) is 31.4 Å². The lowest BCUT2D eigenvalue weighted by molar-refractivity contribution is -0.122. The largest absolute Gasteiger partial charge is 0.465 e. The molecule has 0 bridgehead atoms. The Morgan fingerprint density at radius 2 is 2.19 bits per heavy atom. The minimum Gasteiger partial charge on any atom is -0.465 e. The summed E-state index contributed by atoms with van der Waals surface area (Å²) in [6.45, 7) is 0.259. The number of piperidine rings is 1. The Bertz CT molecular complexity index is 646. The van der Waals surface area contributed by atoms with Gasteiger partial charge in [-0.2, -0.15) is 0 Å². The first kappa shape index (κ1) is 15.5. The minimum absolute atomic E-state index is 0.0118. The van der Waals surface area contributed by atoms with Crippen LogP contribution in [-0.2, 0) is 19.6 Å². The van der Waals surface area contributed by atoms with Crippen molar-refractivity contribution in [1.29, 1.82) is 0 Å². The second-order valence-electron chi connectivity index (χ2n) is 4.68. The highest BCUT2D eigenvalue weighted by Crippen LogP contribution is 2.14. The van der Waals surface area contributed by atoms with Crippen LogP contribution >= 0.6 is 0 Å². The van der Waals surface area contributed by atoms with Crippen molar-refractivity contribution in [2.24, 2.45) is 0 Å². The molecule has 21 heavy (non-hydrogen) atoms. The Labute approximate surface area is 122 Å². The normalized spacial score (nSPS) is 18.9. The zero-order valence-electron chi connectivity index (χ0n) is 11.5. The predicted molar refractivity (Wildman–Crippen MR) is 74.1 cm³/mol. The molecule has 1 heterocycles. The van der Waals surface area contributed by atoms with Gasteiger partial charge >= 0.3 is 5.97 Å². The summed E-state index contributed by atoms with van der Waals surface area (Å²) in [5, 5.41) is 2.60. The van der Waals surface area contributed by atoms with Crippen molar-refractivity contribution in [3.63, 3.8) is 0 Å². The Balaban J connectivity index is 2.16. The number of methoxy groups -OCH3 is 1. The molecule has 0 spiro atoms. The fraction of sp³-hybridized carbons (Fsp3) is 0.385. The van der Waals surface area contributed by atoms with Crippen molar-refractivity contribution in [2.45, 2.75) is 23.8 Å². The second kappa shape index (κ2) is 6.23.